The second kappa shape index (κ2) is 9.90. The normalized spacial score (nSPS) is 29.5. The molecule has 4 aliphatic rings. The maximum atomic E-state index is 13.0. The van der Waals surface area contributed by atoms with E-state index in [1.165, 1.54) is 5.56 Å². The van der Waals surface area contributed by atoms with Gasteiger partial charge in [-0.15, -0.1) is 11.3 Å². The van der Waals surface area contributed by atoms with Gasteiger partial charge in [0.2, 0.25) is 5.91 Å². The number of hydrazine groups is 1. The van der Waals surface area contributed by atoms with Crippen LogP contribution in [0.2, 0.25) is 0 Å². The van der Waals surface area contributed by atoms with Gasteiger partial charge in [0.1, 0.15) is 5.00 Å². The van der Waals surface area contributed by atoms with Crippen LogP contribution in [0.25, 0.3) is 0 Å². The number of thiophene rings is 1. The Morgan fingerprint density at radius 2 is 1.73 bits per heavy atom. The summed E-state index contributed by atoms with van der Waals surface area (Å²) >= 11 is 1.58. The minimum Gasteiger partial charge on any atom is -0.381 e. The molecule has 2 saturated heterocycles. The third kappa shape index (κ3) is 4.92. The zero-order chi connectivity index (χ0) is 22.9. The molecule has 3 aliphatic heterocycles. The topological polar surface area (TPSA) is 77.2 Å². The van der Waals surface area contributed by atoms with E-state index in [1.807, 2.05) is 4.90 Å². The van der Waals surface area contributed by atoms with E-state index in [1.54, 1.807) is 18.3 Å². The number of rotatable bonds is 4. The summed E-state index contributed by atoms with van der Waals surface area (Å²) in [6.45, 7) is 9.16. The first-order valence-corrected chi connectivity index (χ1v) is 13.4. The monoisotopic (exact) mass is 475 g/mol. The van der Waals surface area contributed by atoms with Crippen molar-refractivity contribution < 1.29 is 14.3 Å². The third-order valence-electron chi connectivity index (χ3n) is 7.97. The summed E-state index contributed by atoms with van der Waals surface area (Å²) in [6.07, 6.45) is 6.39. The van der Waals surface area contributed by atoms with Crippen LogP contribution in [0, 0.1) is 0 Å². The van der Waals surface area contributed by atoms with Gasteiger partial charge in [-0.2, -0.15) is 0 Å². The number of carbonyl (C=O) groups is 2. The highest BCUT2D eigenvalue weighted by Gasteiger charge is 2.36. The summed E-state index contributed by atoms with van der Waals surface area (Å²) in [5.74, 6) is 0.251. The third-order valence-corrected chi connectivity index (χ3v) is 9.03. The predicted octanol–water partition coefficient (Wildman–Crippen LogP) is 2.84. The lowest BCUT2D eigenvalue weighted by Crippen LogP contribution is -2.53. The van der Waals surface area contributed by atoms with Crippen molar-refractivity contribution in [2.45, 2.75) is 76.5 Å². The van der Waals surface area contributed by atoms with Gasteiger partial charge in [0.15, 0.2) is 0 Å². The second-order valence-electron chi connectivity index (χ2n) is 9.95. The zero-order valence-corrected chi connectivity index (χ0v) is 20.7. The fourth-order valence-electron chi connectivity index (χ4n) is 5.89. The van der Waals surface area contributed by atoms with E-state index >= 15 is 0 Å². The van der Waals surface area contributed by atoms with Crippen LogP contribution in [0.1, 0.15) is 73.6 Å². The lowest BCUT2D eigenvalue weighted by molar-refractivity contribution is -0.131. The minimum atomic E-state index is 0.0690. The largest absolute Gasteiger partial charge is 0.381 e. The number of fused-ring (bicyclic) bond motifs is 1. The van der Waals surface area contributed by atoms with Crippen molar-refractivity contribution in [3.8, 4) is 0 Å². The van der Waals surface area contributed by atoms with Gasteiger partial charge in [-0.1, -0.05) is 0 Å². The second-order valence-corrected chi connectivity index (χ2v) is 11.0. The van der Waals surface area contributed by atoms with Crippen LogP contribution in [-0.4, -0.2) is 84.1 Å². The van der Waals surface area contributed by atoms with Gasteiger partial charge in [-0.05, 0) is 51.5 Å². The van der Waals surface area contributed by atoms with E-state index in [0.717, 1.165) is 87.8 Å². The summed E-state index contributed by atoms with van der Waals surface area (Å²) < 4.78 is 5.51. The van der Waals surface area contributed by atoms with Gasteiger partial charge in [-0.25, -0.2) is 5.01 Å². The first-order chi connectivity index (χ1) is 16.0. The van der Waals surface area contributed by atoms with Crippen LogP contribution in [0.4, 0.5) is 5.00 Å². The maximum Gasteiger partial charge on any atom is 0.261 e. The Balaban J connectivity index is 1.10. The van der Waals surface area contributed by atoms with Crippen molar-refractivity contribution in [1.82, 2.24) is 20.1 Å². The van der Waals surface area contributed by atoms with Gasteiger partial charge < -0.3 is 20.4 Å². The first-order valence-electron chi connectivity index (χ1n) is 12.6. The number of hydrogen-bond donors (Lipinski definition) is 2. The number of nitrogens with one attached hydrogen (secondary N) is 2. The minimum absolute atomic E-state index is 0.0690. The number of piperazine rings is 1. The molecular formula is C24H37N5O3S. The van der Waals surface area contributed by atoms with Crippen molar-refractivity contribution in [3.05, 3.63) is 16.5 Å². The molecule has 4 heterocycles. The van der Waals surface area contributed by atoms with Crippen molar-refractivity contribution in [2.24, 2.45) is 0 Å². The SMILES string of the molecule is CC(=O)N1CCN([C@H]2CC[C@@H](NC(=O)c3cc4c(s3)NN(C3CCOCC3)C4C)CC2)CC1. The van der Waals surface area contributed by atoms with Crippen molar-refractivity contribution >= 4 is 28.2 Å². The number of anilines is 1. The summed E-state index contributed by atoms with van der Waals surface area (Å²) in [7, 11) is 0. The molecule has 1 unspecified atom stereocenters. The molecule has 1 aromatic rings. The van der Waals surface area contributed by atoms with Crippen molar-refractivity contribution in [2.75, 3.05) is 44.8 Å². The van der Waals surface area contributed by atoms with Gasteiger partial charge in [0.05, 0.1) is 10.9 Å². The molecule has 9 heteroatoms. The molecule has 5 rings (SSSR count). The Labute approximate surface area is 200 Å². The molecule has 33 heavy (non-hydrogen) atoms. The van der Waals surface area contributed by atoms with E-state index in [2.05, 4.69) is 33.6 Å². The highest BCUT2D eigenvalue weighted by molar-refractivity contribution is 7.18. The van der Waals surface area contributed by atoms with Gasteiger partial charge in [-0.3, -0.25) is 14.5 Å². The molecule has 8 nitrogen and oxygen atoms in total. The molecule has 0 bridgehead atoms. The summed E-state index contributed by atoms with van der Waals surface area (Å²) in [4.78, 5) is 29.8. The fourth-order valence-corrected chi connectivity index (χ4v) is 6.95. The van der Waals surface area contributed by atoms with Crippen LogP contribution in [0.5, 0.6) is 0 Å². The number of nitrogens with zero attached hydrogens (tertiary/aromatic N) is 3. The lowest BCUT2D eigenvalue weighted by atomic mass is 9.89. The zero-order valence-electron chi connectivity index (χ0n) is 19.8. The van der Waals surface area contributed by atoms with E-state index in [4.69, 9.17) is 4.74 Å². The average molecular weight is 476 g/mol. The lowest BCUT2D eigenvalue weighted by Gasteiger charge is -2.41. The molecule has 1 aromatic heterocycles. The fraction of sp³-hybridized carbons (Fsp3) is 0.750. The standard InChI is InChI=1S/C24H37N5O3S/c1-16-21-15-22(33-24(21)26-29(16)20-7-13-32-14-8-20)23(31)25-18-3-5-19(6-4-18)28-11-9-27(10-12-28)17(2)30/h15-16,18-20,26H,3-14H2,1-2H3,(H,25,31)/t16?,18-,19+. The number of hydrogen-bond acceptors (Lipinski definition) is 7. The van der Waals surface area contributed by atoms with Crippen LogP contribution < -0.4 is 10.7 Å². The Kier molecular flexibility index (Phi) is 6.92. The summed E-state index contributed by atoms with van der Waals surface area (Å²) in [5, 5.41) is 6.77. The number of carbonyl (C=O) groups excluding carboxylic acids is 2. The quantitative estimate of drug-likeness (QED) is 0.698. The highest BCUT2D eigenvalue weighted by Crippen LogP contribution is 2.43. The maximum absolute atomic E-state index is 13.0. The first kappa shape index (κ1) is 23.1. The molecule has 3 fully saturated rings. The van der Waals surface area contributed by atoms with Crippen LogP contribution in [-0.2, 0) is 9.53 Å². The number of amides is 2. The van der Waals surface area contributed by atoms with E-state index < -0.39 is 0 Å². The molecule has 1 aliphatic carbocycles. The van der Waals surface area contributed by atoms with E-state index in [0.29, 0.717) is 12.1 Å². The molecule has 2 N–H and O–H groups in total. The van der Waals surface area contributed by atoms with Gasteiger partial charge in [0, 0.05) is 70.0 Å². The molecule has 2 amide bonds. The van der Waals surface area contributed by atoms with Crippen LogP contribution in [0.3, 0.4) is 0 Å². The Bertz CT molecular complexity index is 854. The molecule has 0 spiro atoms. The molecule has 182 valence electrons. The van der Waals surface area contributed by atoms with Crippen molar-refractivity contribution in [3.63, 3.8) is 0 Å². The molecule has 0 aromatic carbocycles. The van der Waals surface area contributed by atoms with E-state index in [9.17, 15) is 9.59 Å². The molecule has 1 atom stereocenters. The summed E-state index contributed by atoms with van der Waals surface area (Å²) in [5.41, 5.74) is 4.81. The molecule has 1 saturated carbocycles. The van der Waals surface area contributed by atoms with E-state index in [-0.39, 0.29) is 23.9 Å². The number of ether oxygens (including phenoxy) is 1. The van der Waals surface area contributed by atoms with Crippen LogP contribution in [0.15, 0.2) is 6.07 Å². The molecular weight excluding hydrogens is 438 g/mol. The van der Waals surface area contributed by atoms with Gasteiger partial charge >= 0.3 is 0 Å². The predicted molar refractivity (Wildman–Crippen MR) is 129 cm³/mol. The van der Waals surface area contributed by atoms with Gasteiger partial charge in [0.25, 0.3) is 5.91 Å². The van der Waals surface area contributed by atoms with Crippen LogP contribution >= 0.6 is 11.3 Å². The smallest absolute Gasteiger partial charge is 0.261 e. The Morgan fingerprint density at radius 3 is 2.36 bits per heavy atom. The average Bonchev–Trinajstić information content (AvgIpc) is 3.40. The Morgan fingerprint density at radius 1 is 1.03 bits per heavy atom. The molecule has 0 radical (unpaired) electrons. The van der Waals surface area contributed by atoms with Crippen molar-refractivity contribution in [1.29, 1.82) is 0 Å². The summed E-state index contributed by atoms with van der Waals surface area (Å²) in [6, 6.07) is 3.70. The highest BCUT2D eigenvalue weighted by atomic mass is 32.1. The Hall–Kier alpha value is -1.68.